The van der Waals surface area contributed by atoms with Crippen molar-refractivity contribution in [2.24, 2.45) is 0 Å². The van der Waals surface area contributed by atoms with Crippen molar-refractivity contribution in [1.29, 1.82) is 0 Å². The van der Waals surface area contributed by atoms with E-state index in [0.717, 1.165) is 6.08 Å². The number of benzene rings is 1. The third-order valence-corrected chi connectivity index (χ3v) is 2.49. The average Bonchev–Trinajstić information content (AvgIpc) is 2.70. The molecule has 0 atom stereocenters. The van der Waals surface area contributed by atoms with Gasteiger partial charge in [0.2, 0.25) is 0 Å². The first-order chi connectivity index (χ1) is 12.9. The number of carbonyl (C=O) groups excluding carboxylic acids is 2. The smallest absolute Gasteiger partial charge is 0.332 e. The predicted octanol–water partition coefficient (Wildman–Crippen LogP) is 5.08. The van der Waals surface area contributed by atoms with Gasteiger partial charge in [-0.1, -0.05) is 93.1 Å². The van der Waals surface area contributed by atoms with Crippen molar-refractivity contribution < 1.29 is 19.1 Å². The van der Waals surface area contributed by atoms with Gasteiger partial charge in [-0.3, -0.25) is 0 Å². The lowest BCUT2D eigenvalue weighted by Crippen LogP contribution is -1.98. The van der Waals surface area contributed by atoms with Crippen LogP contribution < -0.4 is 0 Å². The fraction of sp³-hybridized carbons (Fsp3) is 0.130. The van der Waals surface area contributed by atoms with Gasteiger partial charge in [0.25, 0.3) is 0 Å². The minimum Gasteiger partial charge on any atom is -0.466 e. The number of esters is 2. The van der Waals surface area contributed by atoms with E-state index < -0.39 is 5.97 Å². The van der Waals surface area contributed by atoms with E-state index in [1.165, 1.54) is 18.7 Å². The molecule has 0 amide bonds. The summed E-state index contributed by atoms with van der Waals surface area (Å²) in [6.45, 7) is 15.4. The molecule has 1 aromatic rings. The summed E-state index contributed by atoms with van der Waals surface area (Å²) in [7, 11) is 1.33. The van der Waals surface area contributed by atoms with Crippen LogP contribution in [0.2, 0.25) is 0 Å². The van der Waals surface area contributed by atoms with Gasteiger partial charge in [0.1, 0.15) is 6.61 Å². The molecule has 0 N–H and O–H groups in total. The topological polar surface area (TPSA) is 52.6 Å². The maximum atomic E-state index is 10.2. The Labute approximate surface area is 162 Å². The third kappa shape index (κ3) is 18.8. The normalized spacial score (nSPS) is 9.11. The van der Waals surface area contributed by atoms with Gasteiger partial charge in [-0.15, -0.1) is 0 Å². The highest BCUT2D eigenvalue weighted by Crippen LogP contribution is 2.00. The number of rotatable bonds is 7. The van der Waals surface area contributed by atoms with Crippen LogP contribution in [0.1, 0.15) is 12.5 Å². The molecule has 0 spiro atoms. The molecule has 0 saturated heterocycles. The van der Waals surface area contributed by atoms with Crippen molar-refractivity contribution in [2.75, 3.05) is 13.7 Å². The number of ether oxygens (including phenoxy) is 2. The molecule has 4 nitrogen and oxygen atoms in total. The van der Waals surface area contributed by atoms with Crippen LogP contribution >= 0.6 is 0 Å². The molecule has 0 bridgehead atoms. The SMILES string of the molecule is C=C(C)C(=O)OC.C=CC=CC=Cc1ccccc1.C=CCOC(=O)C=C. The van der Waals surface area contributed by atoms with Crippen LogP contribution in [0.4, 0.5) is 0 Å². The van der Waals surface area contributed by atoms with E-state index in [-0.39, 0.29) is 12.6 Å². The molecule has 0 aliphatic heterocycles. The van der Waals surface area contributed by atoms with Crippen LogP contribution in [-0.4, -0.2) is 25.7 Å². The molecule has 144 valence electrons. The molecule has 27 heavy (non-hydrogen) atoms. The van der Waals surface area contributed by atoms with Crippen molar-refractivity contribution in [3.8, 4) is 0 Å². The summed E-state index contributed by atoms with van der Waals surface area (Å²) >= 11 is 0. The lowest BCUT2D eigenvalue weighted by molar-refractivity contribution is -0.137. The second kappa shape index (κ2) is 18.9. The Morgan fingerprint density at radius 1 is 1.04 bits per heavy atom. The summed E-state index contributed by atoms with van der Waals surface area (Å²) in [4.78, 5) is 20.4. The molecule has 1 aromatic carbocycles. The monoisotopic (exact) mass is 368 g/mol. The molecule has 0 aliphatic rings. The first kappa shape index (κ1) is 25.8. The van der Waals surface area contributed by atoms with Crippen molar-refractivity contribution >= 4 is 18.0 Å². The summed E-state index contributed by atoms with van der Waals surface area (Å²) in [5.74, 6) is -0.759. The van der Waals surface area contributed by atoms with E-state index in [4.69, 9.17) is 0 Å². The number of carbonyl (C=O) groups is 2. The second-order valence-corrected chi connectivity index (χ2v) is 4.79. The lowest BCUT2D eigenvalue weighted by atomic mass is 10.2. The van der Waals surface area contributed by atoms with Crippen molar-refractivity contribution in [1.82, 2.24) is 0 Å². The van der Waals surface area contributed by atoms with Gasteiger partial charge in [0, 0.05) is 11.6 Å². The number of allylic oxidation sites excluding steroid dienone is 4. The van der Waals surface area contributed by atoms with E-state index in [0.29, 0.717) is 5.57 Å². The summed E-state index contributed by atoms with van der Waals surface area (Å²) in [5.41, 5.74) is 1.65. The third-order valence-electron chi connectivity index (χ3n) is 2.49. The van der Waals surface area contributed by atoms with Crippen LogP contribution in [0.5, 0.6) is 0 Å². The highest BCUT2D eigenvalue weighted by atomic mass is 16.5. The zero-order valence-electron chi connectivity index (χ0n) is 16.1. The molecule has 0 aliphatic carbocycles. The van der Waals surface area contributed by atoms with Gasteiger partial charge in [-0.25, -0.2) is 9.59 Å². The molecule has 0 unspecified atom stereocenters. The maximum absolute atomic E-state index is 10.2. The molecule has 0 radical (unpaired) electrons. The summed E-state index contributed by atoms with van der Waals surface area (Å²) in [6.07, 6.45) is 12.3. The summed E-state index contributed by atoms with van der Waals surface area (Å²) < 4.78 is 8.74. The van der Waals surface area contributed by atoms with Gasteiger partial charge in [0.15, 0.2) is 0 Å². The molecular formula is C23H28O4. The number of hydrogen-bond acceptors (Lipinski definition) is 4. The molecule has 0 aromatic heterocycles. The summed E-state index contributed by atoms with van der Waals surface area (Å²) in [6, 6.07) is 10.2. The highest BCUT2D eigenvalue weighted by Gasteiger charge is 1.95. The minimum atomic E-state index is -0.412. The molecule has 4 heteroatoms. The Bertz CT molecular complexity index is 652. The van der Waals surface area contributed by atoms with Crippen molar-refractivity contribution in [3.63, 3.8) is 0 Å². The van der Waals surface area contributed by atoms with E-state index in [1.54, 1.807) is 13.0 Å². The van der Waals surface area contributed by atoms with Gasteiger partial charge < -0.3 is 9.47 Å². The zero-order valence-corrected chi connectivity index (χ0v) is 16.1. The van der Waals surface area contributed by atoms with Crippen LogP contribution in [0.3, 0.4) is 0 Å². The maximum Gasteiger partial charge on any atom is 0.332 e. The zero-order chi connectivity index (χ0) is 20.9. The summed E-state index contributed by atoms with van der Waals surface area (Å²) in [5, 5.41) is 0. The fourth-order valence-corrected chi connectivity index (χ4v) is 1.25. The first-order valence-corrected chi connectivity index (χ1v) is 8.07. The Morgan fingerprint density at radius 2 is 1.67 bits per heavy atom. The van der Waals surface area contributed by atoms with Gasteiger partial charge in [-0.05, 0) is 12.5 Å². The molecule has 0 saturated carbocycles. The fourth-order valence-electron chi connectivity index (χ4n) is 1.25. The van der Waals surface area contributed by atoms with E-state index in [1.807, 2.05) is 36.4 Å². The Morgan fingerprint density at radius 3 is 2.07 bits per heavy atom. The van der Waals surface area contributed by atoms with E-state index >= 15 is 0 Å². The van der Waals surface area contributed by atoms with Crippen LogP contribution in [0.25, 0.3) is 6.08 Å². The van der Waals surface area contributed by atoms with Crippen molar-refractivity contribution in [2.45, 2.75) is 6.92 Å². The van der Waals surface area contributed by atoms with Gasteiger partial charge >= 0.3 is 11.9 Å². The molecule has 1 rings (SSSR count). The minimum absolute atomic E-state index is 0.255. The van der Waals surface area contributed by atoms with E-state index in [2.05, 4.69) is 54.0 Å². The van der Waals surface area contributed by atoms with Crippen molar-refractivity contribution in [3.05, 3.63) is 104 Å². The molecule has 0 heterocycles. The van der Waals surface area contributed by atoms with Crippen LogP contribution in [-0.2, 0) is 19.1 Å². The lowest BCUT2D eigenvalue weighted by Gasteiger charge is -1.92. The number of methoxy groups -OCH3 is 1. The van der Waals surface area contributed by atoms with Gasteiger partial charge in [-0.2, -0.15) is 0 Å². The largest absolute Gasteiger partial charge is 0.466 e. The molecular weight excluding hydrogens is 340 g/mol. The van der Waals surface area contributed by atoms with E-state index in [9.17, 15) is 9.59 Å². The molecule has 0 fully saturated rings. The Hall–Kier alpha value is -3.40. The number of hydrogen-bond donors (Lipinski definition) is 0. The van der Waals surface area contributed by atoms with Crippen LogP contribution in [0, 0.1) is 0 Å². The quantitative estimate of drug-likeness (QED) is 0.291. The van der Waals surface area contributed by atoms with Gasteiger partial charge in [0.05, 0.1) is 7.11 Å². The average molecular weight is 368 g/mol. The highest BCUT2D eigenvalue weighted by molar-refractivity contribution is 5.86. The Balaban J connectivity index is 0. The Kier molecular flexibility index (Phi) is 18.1. The predicted molar refractivity (Wildman–Crippen MR) is 113 cm³/mol. The first-order valence-electron chi connectivity index (χ1n) is 8.07. The van der Waals surface area contributed by atoms with Crippen LogP contribution in [0.15, 0.2) is 98.7 Å². The second-order valence-electron chi connectivity index (χ2n) is 4.79. The standard InChI is InChI=1S/C12H12.C6H8O2.C5H8O2/c1-2-3-4-6-9-12-10-7-5-8-11-12;1-3-5-8-6(7)4-2;1-4(2)5(6)7-3/h2-11H,1H2;3-4H,1-2,5H2;1H2,2-3H3.